The number of nitrogens with one attached hydrogen (secondary N) is 2. The van der Waals surface area contributed by atoms with Crippen LogP contribution in [0.2, 0.25) is 0 Å². The van der Waals surface area contributed by atoms with Crippen LogP contribution in [0, 0.1) is 5.92 Å². The summed E-state index contributed by atoms with van der Waals surface area (Å²) in [4.78, 5) is 28.4. The maximum absolute atomic E-state index is 12.5. The van der Waals surface area contributed by atoms with Crippen molar-refractivity contribution in [1.29, 1.82) is 0 Å². The monoisotopic (exact) mass is 406 g/mol. The van der Waals surface area contributed by atoms with Crippen molar-refractivity contribution in [3.8, 4) is 17.2 Å². The summed E-state index contributed by atoms with van der Waals surface area (Å²) in [5.41, 5.74) is 2.31. The molecule has 2 N–H and O–H groups in total. The number of ether oxygens (including phenoxy) is 2. The first-order valence-corrected chi connectivity index (χ1v) is 9.61. The molecule has 2 heterocycles. The number of carbonyl (C=O) groups excluding carboxylic acids is 2. The van der Waals surface area contributed by atoms with Gasteiger partial charge in [-0.25, -0.2) is 4.98 Å². The van der Waals surface area contributed by atoms with E-state index in [4.69, 9.17) is 9.47 Å². The van der Waals surface area contributed by atoms with Gasteiger partial charge in [0, 0.05) is 23.7 Å². The lowest BCUT2D eigenvalue weighted by Gasteiger charge is -2.08. The third-order valence-corrected chi connectivity index (χ3v) is 4.68. The molecule has 154 valence electrons. The zero-order valence-corrected chi connectivity index (χ0v) is 16.7. The number of rotatable bonds is 6. The first kappa shape index (κ1) is 19.5. The van der Waals surface area contributed by atoms with Crippen molar-refractivity contribution in [2.24, 2.45) is 5.92 Å². The summed E-state index contributed by atoms with van der Waals surface area (Å²) in [5.74, 6) is 1.51. The van der Waals surface area contributed by atoms with Gasteiger partial charge in [0.1, 0.15) is 6.33 Å². The van der Waals surface area contributed by atoms with Gasteiger partial charge in [0.25, 0.3) is 5.91 Å². The minimum Gasteiger partial charge on any atom is -0.454 e. The molecule has 1 aromatic heterocycles. The minimum atomic E-state index is -0.172. The van der Waals surface area contributed by atoms with Crippen molar-refractivity contribution in [3.05, 3.63) is 66.1 Å². The standard InChI is InChI=1S/C22H22N4O4/c1-14(2)21(27)25-20-11-26(12-24-20)17-6-4-16(5-7-17)22(28)23-10-15-3-8-18-19(9-15)30-13-29-18/h3-9,11-12,14H,10,13H2,1-2H3,(H,23,28)(H,25,27). The smallest absolute Gasteiger partial charge is 0.251 e. The van der Waals surface area contributed by atoms with E-state index < -0.39 is 0 Å². The number of hydrogen-bond acceptors (Lipinski definition) is 5. The number of imidazole rings is 1. The molecule has 8 nitrogen and oxygen atoms in total. The fourth-order valence-electron chi connectivity index (χ4n) is 2.92. The summed E-state index contributed by atoms with van der Waals surface area (Å²) in [5, 5.41) is 5.66. The van der Waals surface area contributed by atoms with Gasteiger partial charge in [-0.15, -0.1) is 0 Å². The predicted molar refractivity (Wildman–Crippen MR) is 111 cm³/mol. The third kappa shape index (κ3) is 4.27. The fraction of sp³-hybridized carbons (Fsp3) is 0.227. The summed E-state index contributed by atoms with van der Waals surface area (Å²) in [7, 11) is 0. The molecule has 2 aromatic carbocycles. The van der Waals surface area contributed by atoms with Crippen LogP contribution in [-0.4, -0.2) is 28.2 Å². The van der Waals surface area contributed by atoms with Crippen molar-refractivity contribution < 1.29 is 19.1 Å². The fourth-order valence-corrected chi connectivity index (χ4v) is 2.92. The largest absolute Gasteiger partial charge is 0.454 e. The molecule has 3 aromatic rings. The molecule has 8 heteroatoms. The molecule has 0 bridgehead atoms. The average molecular weight is 406 g/mol. The van der Waals surface area contributed by atoms with E-state index in [-0.39, 0.29) is 24.5 Å². The van der Waals surface area contributed by atoms with E-state index in [1.165, 1.54) is 0 Å². The summed E-state index contributed by atoms with van der Waals surface area (Å²) < 4.78 is 12.4. The van der Waals surface area contributed by atoms with Crippen molar-refractivity contribution in [3.63, 3.8) is 0 Å². The average Bonchev–Trinajstić information content (AvgIpc) is 3.41. The summed E-state index contributed by atoms with van der Waals surface area (Å²) in [6.45, 7) is 4.25. The molecule has 1 aliphatic heterocycles. The van der Waals surface area contributed by atoms with E-state index in [9.17, 15) is 9.59 Å². The number of nitrogens with zero attached hydrogens (tertiary/aromatic N) is 2. The van der Waals surface area contributed by atoms with Crippen LogP contribution < -0.4 is 20.1 Å². The predicted octanol–water partition coefficient (Wildman–Crippen LogP) is 3.13. The van der Waals surface area contributed by atoms with Gasteiger partial charge in [0.15, 0.2) is 17.3 Å². The van der Waals surface area contributed by atoms with E-state index in [0.717, 1.165) is 11.3 Å². The number of hydrogen-bond donors (Lipinski definition) is 2. The first-order chi connectivity index (χ1) is 14.5. The zero-order chi connectivity index (χ0) is 21.1. The highest BCUT2D eigenvalue weighted by atomic mass is 16.7. The van der Waals surface area contributed by atoms with Gasteiger partial charge in [-0.2, -0.15) is 0 Å². The Bertz CT molecular complexity index is 1070. The van der Waals surface area contributed by atoms with Crippen molar-refractivity contribution in [2.45, 2.75) is 20.4 Å². The Kier molecular flexibility index (Phi) is 5.38. The van der Waals surface area contributed by atoms with Crippen LogP contribution in [0.1, 0.15) is 29.8 Å². The maximum atomic E-state index is 12.5. The van der Waals surface area contributed by atoms with Crippen LogP contribution in [0.15, 0.2) is 55.0 Å². The summed E-state index contributed by atoms with van der Waals surface area (Å²) in [6, 6.07) is 12.7. The van der Waals surface area contributed by atoms with E-state index >= 15 is 0 Å². The van der Waals surface area contributed by atoms with Gasteiger partial charge in [-0.3, -0.25) is 9.59 Å². The SMILES string of the molecule is CC(C)C(=O)Nc1cn(-c2ccc(C(=O)NCc3ccc4c(c3)OCO4)cc2)cn1. The number of fused-ring (bicyclic) bond motifs is 1. The van der Waals surface area contributed by atoms with Crippen LogP contribution >= 0.6 is 0 Å². The molecule has 0 fully saturated rings. The van der Waals surface area contributed by atoms with Crippen LogP contribution in [0.5, 0.6) is 11.5 Å². The Morgan fingerprint density at radius 1 is 1.10 bits per heavy atom. The number of anilines is 1. The van der Waals surface area contributed by atoms with E-state index in [0.29, 0.717) is 29.4 Å². The molecule has 2 amide bonds. The molecule has 4 rings (SSSR count). The van der Waals surface area contributed by atoms with Gasteiger partial charge in [-0.05, 0) is 42.0 Å². The molecule has 0 radical (unpaired) electrons. The Hall–Kier alpha value is -3.81. The molecular formula is C22H22N4O4. The molecular weight excluding hydrogens is 384 g/mol. The molecule has 0 spiro atoms. The highest BCUT2D eigenvalue weighted by molar-refractivity contribution is 5.94. The Morgan fingerprint density at radius 3 is 2.63 bits per heavy atom. The van der Waals surface area contributed by atoms with E-state index in [2.05, 4.69) is 15.6 Å². The Balaban J connectivity index is 1.36. The Labute approximate surface area is 173 Å². The lowest BCUT2D eigenvalue weighted by molar-refractivity contribution is -0.118. The molecule has 0 unspecified atom stereocenters. The normalized spacial score (nSPS) is 12.1. The number of carbonyl (C=O) groups is 2. The highest BCUT2D eigenvalue weighted by Gasteiger charge is 2.14. The van der Waals surface area contributed by atoms with Crippen molar-refractivity contribution >= 4 is 17.6 Å². The maximum Gasteiger partial charge on any atom is 0.251 e. The van der Waals surface area contributed by atoms with Crippen molar-refractivity contribution in [1.82, 2.24) is 14.9 Å². The van der Waals surface area contributed by atoms with Gasteiger partial charge in [0.2, 0.25) is 12.7 Å². The van der Waals surface area contributed by atoms with Crippen LogP contribution in [0.25, 0.3) is 5.69 Å². The van der Waals surface area contributed by atoms with Gasteiger partial charge in [-0.1, -0.05) is 19.9 Å². The first-order valence-electron chi connectivity index (χ1n) is 9.61. The van der Waals surface area contributed by atoms with E-state index in [1.54, 1.807) is 29.2 Å². The number of benzene rings is 2. The molecule has 0 saturated heterocycles. The lowest BCUT2D eigenvalue weighted by atomic mass is 10.1. The van der Waals surface area contributed by atoms with Crippen LogP contribution in [0.3, 0.4) is 0 Å². The number of aromatic nitrogens is 2. The molecule has 0 aliphatic carbocycles. The van der Waals surface area contributed by atoms with E-state index in [1.807, 2.05) is 44.2 Å². The van der Waals surface area contributed by atoms with Gasteiger partial charge in [0.05, 0.1) is 6.20 Å². The zero-order valence-electron chi connectivity index (χ0n) is 16.7. The topological polar surface area (TPSA) is 94.5 Å². The minimum absolute atomic E-state index is 0.0882. The van der Waals surface area contributed by atoms with Crippen molar-refractivity contribution in [2.75, 3.05) is 12.1 Å². The highest BCUT2D eigenvalue weighted by Crippen LogP contribution is 2.32. The second-order valence-electron chi connectivity index (χ2n) is 7.23. The quantitative estimate of drug-likeness (QED) is 0.656. The lowest BCUT2D eigenvalue weighted by Crippen LogP contribution is -2.22. The third-order valence-electron chi connectivity index (χ3n) is 4.68. The molecule has 0 atom stereocenters. The van der Waals surface area contributed by atoms with Crippen LogP contribution in [-0.2, 0) is 11.3 Å². The molecule has 0 saturated carbocycles. The molecule has 1 aliphatic rings. The second kappa shape index (κ2) is 8.28. The van der Waals surface area contributed by atoms with Crippen LogP contribution in [0.4, 0.5) is 5.82 Å². The van der Waals surface area contributed by atoms with Gasteiger partial charge < -0.3 is 24.7 Å². The summed E-state index contributed by atoms with van der Waals surface area (Å²) in [6.07, 6.45) is 3.35. The number of amides is 2. The second-order valence-corrected chi connectivity index (χ2v) is 7.23. The van der Waals surface area contributed by atoms with Gasteiger partial charge >= 0.3 is 0 Å². The summed E-state index contributed by atoms with van der Waals surface area (Å²) >= 11 is 0. The Morgan fingerprint density at radius 2 is 1.87 bits per heavy atom. The molecule has 30 heavy (non-hydrogen) atoms.